The highest BCUT2D eigenvalue weighted by atomic mass is 16.6. The third-order valence-corrected chi connectivity index (χ3v) is 13.9. The van der Waals surface area contributed by atoms with E-state index in [9.17, 15) is 14.4 Å². The lowest BCUT2D eigenvalue weighted by atomic mass is 10.0. The molecule has 410 valence electrons. The van der Waals surface area contributed by atoms with Gasteiger partial charge in [-0.2, -0.15) is 0 Å². The van der Waals surface area contributed by atoms with Crippen molar-refractivity contribution in [3.8, 4) is 0 Å². The molecule has 0 aromatic rings. The number of hydrogen-bond acceptors (Lipinski definition) is 6. The normalized spacial score (nSPS) is 12.2. The summed E-state index contributed by atoms with van der Waals surface area (Å²) in [6.07, 6.45) is 72.1. The van der Waals surface area contributed by atoms with E-state index >= 15 is 0 Å². The van der Waals surface area contributed by atoms with Crippen LogP contribution in [0, 0.1) is 0 Å². The monoisotopic (exact) mass is 983 g/mol. The molecule has 1 atom stereocenters. The van der Waals surface area contributed by atoms with Gasteiger partial charge in [0.05, 0.1) is 0 Å². The van der Waals surface area contributed by atoms with Gasteiger partial charge in [0.2, 0.25) is 0 Å². The average Bonchev–Trinajstić information content (AvgIpc) is 3.36. The van der Waals surface area contributed by atoms with Crippen molar-refractivity contribution in [1.29, 1.82) is 0 Å². The first kappa shape index (κ1) is 67.6. The largest absolute Gasteiger partial charge is 0.462 e. The lowest BCUT2D eigenvalue weighted by Crippen LogP contribution is -2.30. The molecule has 0 aliphatic rings. The molecule has 0 rings (SSSR count). The molecule has 6 heteroatoms. The van der Waals surface area contributed by atoms with Gasteiger partial charge in [0.15, 0.2) is 6.10 Å². The third kappa shape index (κ3) is 56.5. The maximum atomic E-state index is 12.8. The van der Waals surface area contributed by atoms with Crippen molar-refractivity contribution < 1.29 is 28.6 Å². The van der Waals surface area contributed by atoms with Gasteiger partial charge in [0.25, 0.3) is 0 Å². The number of unbranched alkanes of at least 4 members (excludes halogenated alkanes) is 40. The Morgan fingerprint density at radius 1 is 0.286 bits per heavy atom. The Hall–Kier alpha value is -2.37. The molecule has 0 radical (unpaired) electrons. The van der Waals surface area contributed by atoms with Crippen molar-refractivity contribution in [2.24, 2.45) is 0 Å². The molecule has 0 saturated carbocycles. The Morgan fingerprint density at radius 2 is 0.514 bits per heavy atom. The van der Waals surface area contributed by atoms with E-state index in [1.807, 2.05) is 0 Å². The fraction of sp³-hybridized carbons (Fsp3) is 0.859. The summed E-state index contributed by atoms with van der Waals surface area (Å²) in [6.45, 7) is 6.56. The van der Waals surface area contributed by atoms with E-state index in [4.69, 9.17) is 14.2 Å². The topological polar surface area (TPSA) is 78.9 Å². The van der Waals surface area contributed by atoms with Gasteiger partial charge in [-0.05, 0) is 57.8 Å². The minimum absolute atomic E-state index is 0.0742. The molecular formula is C64H118O6. The molecule has 6 nitrogen and oxygen atoms in total. The van der Waals surface area contributed by atoms with E-state index in [1.54, 1.807) is 0 Å². The number of esters is 3. The van der Waals surface area contributed by atoms with Crippen LogP contribution in [0.2, 0.25) is 0 Å². The number of hydrogen-bond donors (Lipinski definition) is 0. The quantitative estimate of drug-likeness (QED) is 0.0261. The average molecular weight is 984 g/mol. The summed E-state index contributed by atoms with van der Waals surface area (Å²) < 4.78 is 16.7. The van der Waals surface area contributed by atoms with Gasteiger partial charge in [-0.3, -0.25) is 14.4 Å². The van der Waals surface area contributed by atoms with Gasteiger partial charge in [-0.1, -0.05) is 295 Å². The van der Waals surface area contributed by atoms with Crippen molar-refractivity contribution in [3.05, 3.63) is 36.5 Å². The standard InChI is InChI=1S/C64H118O6/c1-4-7-10-13-15-17-19-21-23-25-27-28-29-30-31-32-33-34-35-37-38-40-42-44-46-48-51-54-57-63(66)69-60-61(59-68-62(65)56-53-50-12-9-6-3)70-64(67)58-55-52-49-47-45-43-41-39-36-26-24-22-20-18-16-14-11-8-5-2/h16,18,22,24,36,39,61H,4-15,17,19-21,23,25-35,37-38,40-60H2,1-3H3/b18-16-,24-22-,39-36-. The first-order valence-electron chi connectivity index (χ1n) is 31.0. The molecular weight excluding hydrogens is 865 g/mol. The molecule has 0 N–H and O–H groups in total. The van der Waals surface area contributed by atoms with Crippen LogP contribution < -0.4 is 0 Å². The lowest BCUT2D eigenvalue weighted by Gasteiger charge is -2.18. The zero-order chi connectivity index (χ0) is 50.7. The number of allylic oxidation sites excluding steroid dienone is 6. The highest BCUT2D eigenvalue weighted by molar-refractivity contribution is 5.71. The second kappa shape index (κ2) is 59.2. The molecule has 0 spiro atoms. The van der Waals surface area contributed by atoms with Crippen molar-refractivity contribution in [3.63, 3.8) is 0 Å². The van der Waals surface area contributed by atoms with E-state index < -0.39 is 6.10 Å². The van der Waals surface area contributed by atoms with Crippen LogP contribution in [0.15, 0.2) is 36.5 Å². The van der Waals surface area contributed by atoms with Crippen molar-refractivity contribution in [2.75, 3.05) is 13.2 Å². The predicted octanol–water partition coefficient (Wildman–Crippen LogP) is 20.8. The molecule has 0 aliphatic carbocycles. The zero-order valence-electron chi connectivity index (χ0n) is 47.1. The van der Waals surface area contributed by atoms with E-state index in [-0.39, 0.29) is 31.1 Å². The molecule has 0 fully saturated rings. The van der Waals surface area contributed by atoms with Crippen LogP contribution >= 0.6 is 0 Å². The molecule has 70 heavy (non-hydrogen) atoms. The van der Waals surface area contributed by atoms with Gasteiger partial charge in [0.1, 0.15) is 13.2 Å². The Morgan fingerprint density at radius 3 is 0.829 bits per heavy atom. The van der Waals surface area contributed by atoms with E-state index in [1.165, 1.54) is 212 Å². The number of carbonyl (C=O) groups excluding carboxylic acids is 3. The van der Waals surface area contributed by atoms with Gasteiger partial charge in [0, 0.05) is 19.3 Å². The van der Waals surface area contributed by atoms with Crippen LogP contribution in [0.1, 0.15) is 335 Å². The van der Waals surface area contributed by atoms with Crippen LogP contribution in [0.4, 0.5) is 0 Å². The number of rotatable bonds is 57. The van der Waals surface area contributed by atoms with Crippen LogP contribution in [0.3, 0.4) is 0 Å². The van der Waals surface area contributed by atoms with E-state index in [0.29, 0.717) is 19.3 Å². The predicted molar refractivity (Wildman–Crippen MR) is 302 cm³/mol. The first-order valence-corrected chi connectivity index (χ1v) is 31.0. The minimum Gasteiger partial charge on any atom is -0.462 e. The fourth-order valence-electron chi connectivity index (χ4n) is 9.22. The van der Waals surface area contributed by atoms with Crippen LogP contribution in [-0.2, 0) is 28.6 Å². The summed E-state index contributed by atoms with van der Waals surface area (Å²) >= 11 is 0. The molecule has 0 amide bonds. The van der Waals surface area contributed by atoms with Crippen LogP contribution in [0.5, 0.6) is 0 Å². The summed E-state index contributed by atoms with van der Waals surface area (Å²) in [6, 6.07) is 0. The Labute approximate surface area is 435 Å². The highest BCUT2D eigenvalue weighted by Gasteiger charge is 2.19. The van der Waals surface area contributed by atoms with Crippen molar-refractivity contribution in [1.82, 2.24) is 0 Å². The molecule has 0 aromatic heterocycles. The maximum absolute atomic E-state index is 12.8. The smallest absolute Gasteiger partial charge is 0.306 e. The summed E-state index contributed by atoms with van der Waals surface area (Å²) in [5.74, 6) is -0.884. The SMILES string of the molecule is CCCCC/C=C\C/C=C\C/C=C\CCCCCCCCC(=O)OC(COC(=O)CCCCCCC)COC(=O)CCCCCCCCCCCCCCCCCCCCCCCCCCCCCC. The molecule has 0 aromatic carbocycles. The molecule has 0 heterocycles. The zero-order valence-corrected chi connectivity index (χ0v) is 47.1. The summed E-state index contributed by atoms with van der Waals surface area (Å²) in [5, 5.41) is 0. The summed E-state index contributed by atoms with van der Waals surface area (Å²) in [7, 11) is 0. The van der Waals surface area contributed by atoms with E-state index in [0.717, 1.165) is 83.5 Å². The lowest BCUT2D eigenvalue weighted by molar-refractivity contribution is -0.167. The van der Waals surface area contributed by atoms with Gasteiger partial charge in [-0.15, -0.1) is 0 Å². The Balaban J connectivity index is 3.98. The van der Waals surface area contributed by atoms with Crippen molar-refractivity contribution >= 4 is 17.9 Å². The second-order valence-corrected chi connectivity index (χ2v) is 21.0. The molecule has 0 bridgehead atoms. The second-order valence-electron chi connectivity index (χ2n) is 21.0. The molecule has 1 unspecified atom stereocenters. The van der Waals surface area contributed by atoms with Gasteiger partial charge >= 0.3 is 17.9 Å². The molecule has 0 saturated heterocycles. The summed E-state index contributed by atoms with van der Waals surface area (Å²) in [5.41, 5.74) is 0. The Kier molecular flexibility index (Phi) is 57.2. The Bertz CT molecular complexity index is 1170. The highest BCUT2D eigenvalue weighted by Crippen LogP contribution is 2.18. The van der Waals surface area contributed by atoms with Gasteiger partial charge in [-0.25, -0.2) is 0 Å². The van der Waals surface area contributed by atoms with E-state index in [2.05, 4.69) is 57.2 Å². The van der Waals surface area contributed by atoms with Crippen LogP contribution in [-0.4, -0.2) is 37.2 Å². The number of ether oxygens (including phenoxy) is 3. The fourth-order valence-corrected chi connectivity index (χ4v) is 9.22. The third-order valence-electron chi connectivity index (χ3n) is 13.9. The van der Waals surface area contributed by atoms with Crippen molar-refractivity contribution in [2.45, 2.75) is 341 Å². The van der Waals surface area contributed by atoms with Crippen LogP contribution in [0.25, 0.3) is 0 Å². The summed E-state index contributed by atoms with van der Waals surface area (Å²) in [4.78, 5) is 37.8. The minimum atomic E-state index is -0.773. The first-order chi connectivity index (χ1) is 34.5. The number of carbonyl (C=O) groups is 3. The molecule has 0 aliphatic heterocycles. The maximum Gasteiger partial charge on any atom is 0.306 e. The van der Waals surface area contributed by atoms with Gasteiger partial charge < -0.3 is 14.2 Å².